The van der Waals surface area contributed by atoms with E-state index in [2.05, 4.69) is 24.3 Å². The van der Waals surface area contributed by atoms with Crippen molar-refractivity contribution >= 4 is 5.97 Å². The lowest BCUT2D eigenvalue weighted by Crippen LogP contribution is -2.25. The monoisotopic (exact) mass is 244 g/mol. The number of carbonyl (C=O) groups is 1. The maximum Gasteiger partial charge on any atom is 0.309 e. The van der Waals surface area contributed by atoms with Gasteiger partial charge < -0.3 is 4.74 Å². The number of fused-ring (bicyclic) bond motifs is 4. The van der Waals surface area contributed by atoms with Crippen molar-refractivity contribution < 1.29 is 9.53 Å². The summed E-state index contributed by atoms with van der Waals surface area (Å²) in [6.45, 7) is 0.655. The molecule has 2 fully saturated rings. The summed E-state index contributed by atoms with van der Waals surface area (Å²) in [6.07, 6.45) is 13.9. The zero-order valence-electron chi connectivity index (χ0n) is 10.6. The van der Waals surface area contributed by atoms with Crippen LogP contribution >= 0.6 is 0 Å². The van der Waals surface area contributed by atoms with E-state index in [1.54, 1.807) is 0 Å². The van der Waals surface area contributed by atoms with Gasteiger partial charge in [0, 0.05) is 0 Å². The Kier molecular flexibility index (Phi) is 2.39. The van der Waals surface area contributed by atoms with E-state index in [9.17, 15) is 4.79 Å². The lowest BCUT2D eigenvalue weighted by molar-refractivity contribution is -0.151. The zero-order chi connectivity index (χ0) is 12.1. The summed E-state index contributed by atoms with van der Waals surface area (Å²) in [6, 6.07) is 0. The molecule has 2 nitrogen and oxygen atoms in total. The summed E-state index contributed by atoms with van der Waals surface area (Å²) < 4.78 is 5.61. The Labute approximate surface area is 108 Å². The summed E-state index contributed by atoms with van der Waals surface area (Å²) in [5.74, 6) is 3.40. The number of allylic oxidation sites excluding steroid dienone is 4. The minimum absolute atomic E-state index is 0.0682. The molecule has 0 spiro atoms. The maximum absolute atomic E-state index is 12.1. The molecule has 4 rings (SSSR count). The van der Waals surface area contributed by atoms with Gasteiger partial charge in [-0.2, -0.15) is 0 Å². The Morgan fingerprint density at radius 3 is 2.22 bits per heavy atom. The lowest BCUT2D eigenvalue weighted by Gasteiger charge is -2.21. The number of rotatable bonds is 3. The molecule has 2 saturated carbocycles. The summed E-state index contributed by atoms with van der Waals surface area (Å²) in [5, 5.41) is 0. The second-order valence-corrected chi connectivity index (χ2v) is 6.56. The first kappa shape index (κ1) is 10.8. The summed E-state index contributed by atoms with van der Waals surface area (Å²) in [4.78, 5) is 12.1. The molecule has 0 radical (unpaired) electrons. The average Bonchev–Trinajstić information content (AvgIpc) is 3.13. The predicted octanol–water partition coefficient (Wildman–Crippen LogP) is 2.95. The van der Waals surface area contributed by atoms with Crippen molar-refractivity contribution in [2.24, 2.45) is 35.5 Å². The third-order valence-electron chi connectivity index (χ3n) is 5.44. The van der Waals surface area contributed by atoms with Crippen molar-refractivity contribution in [2.75, 3.05) is 6.61 Å². The van der Waals surface area contributed by atoms with Gasteiger partial charge in [-0.25, -0.2) is 0 Å². The van der Waals surface area contributed by atoms with Crippen LogP contribution in [0.3, 0.4) is 0 Å². The van der Waals surface area contributed by atoms with Gasteiger partial charge in [0.25, 0.3) is 0 Å². The van der Waals surface area contributed by atoms with Gasteiger partial charge in [-0.3, -0.25) is 4.79 Å². The molecule has 6 atom stereocenters. The van der Waals surface area contributed by atoms with Crippen LogP contribution in [-0.4, -0.2) is 12.6 Å². The summed E-state index contributed by atoms with van der Waals surface area (Å²) in [5.41, 5.74) is 0. The van der Waals surface area contributed by atoms with Crippen molar-refractivity contribution in [1.29, 1.82) is 0 Å². The Bertz CT molecular complexity index is 423. The highest BCUT2D eigenvalue weighted by Gasteiger charge is 2.42. The quantitative estimate of drug-likeness (QED) is 0.563. The molecule has 18 heavy (non-hydrogen) atoms. The summed E-state index contributed by atoms with van der Waals surface area (Å²) in [7, 11) is 0. The highest BCUT2D eigenvalue weighted by atomic mass is 16.5. The van der Waals surface area contributed by atoms with Crippen molar-refractivity contribution in [3.05, 3.63) is 24.3 Å². The molecule has 0 saturated heterocycles. The van der Waals surface area contributed by atoms with E-state index in [1.165, 1.54) is 19.3 Å². The van der Waals surface area contributed by atoms with Crippen LogP contribution in [0.15, 0.2) is 24.3 Å². The van der Waals surface area contributed by atoms with E-state index >= 15 is 0 Å². The molecule has 2 heteroatoms. The van der Waals surface area contributed by atoms with Gasteiger partial charge in [0.1, 0.15) is 0 Å². The molecule has 4 bridgehead atoms. The van der Waals surface area contributed by atoms with Gasteiger partial charge in [0.2, 0.25) is 0 Å². The molecule has 96 valence electrons. The largest absolute Gasteiger partial charge is 0.465 e. The average molecular weight is 244 g/mol. The smallest absolute Gasteiger partial charge is 0.309 e. The first-order chi connectivity index (χ1) is 8.79. The van der Waals surface area contributed by atoms with Crippen LogP contribution < -0.4 is 0 Å². The molecule has 0 aliphatic heterocycles. The number of esters is 1. The fourth-order valence-corrected chi connectivity index (χ4v) is 4.43. The van der Waals surface area contributed by atoms with E-state index < -0.39 is 0 Å². The van der Waals surface area contributed by atoms with E-state index in [0.717, 1.165) is 12.3 Å². The molecule has 0 amide bonds. The van der Waals surface area contributed by atoms with Crippen LogP contribution in [-0.2, 0) is 9.53 Å². The van der Waals surface area contributed by atoms with Crippen molar-refractivity contribution in [2.45, 2.75) is 25.7 Å². The third-order valence-corrected chi connectivity index (χ3v) is 5.44. The van der Waals surface area contributed by atoms with Crippen LogP contribution in [0.4, 0.5) is 0 Å². The fraction of sp³-hybridized carbons (Fsp3) is 0.688. The van der Waals surface area contributed by atoms with Crippen molar-refractivity contribution in [1.82, 2.24) is 0 Å². The van der Waals surface area contributed by atoms with E-state index in [0.29, 0.717) is 30.3 Å². The number of ether oxygens (including phenoxy) is 1. The number of hydrogen-bond acceptors (Lipinski definition) is 2. The topological polar surface area (TPSA) is 26.3 Å². The number of hydrogen-bond donors (Lipinski definition) is 0. The molecule has 4 aliphatic carbocycles. The Hall–Kier alpha value is -1.05. The van der Waals surface area contributed by atoms with E-state index in [-0.39, 0.29) is 11.9 Å². The van der Waals surface area contributed by atoms with Gasteiger partial charge in [-0.15, -0.1) is 0 Å². The molecule has 6 unspecified atom stereocenters. The minimum Gasteiger partial charge on any atom is -0.465 e. The SMILES string of the molecule is O=C(OCC1CC2C=CC1C2)C1CC2C=CC1C2. The molecule has 0 aromatic heterocycles. The van der Waals surface area contributed by atoms with Crippen LogP contribution in [0.25, 0.3) is 0 Å². The highest BCUT2D eigenvalue weighted by molar-refractivity contribution is 5.74. The van der Waals surface area contributed by atoms with Crippen LogP contribution in [0.2, 0.25) is 0 Å². The van der Waals surface area contributed by atoms with E-state index in [1.807, 2.05) is 0 Å². The molecule has 0 heterocycles. The first-order valence-corrected chi connectivity index (χ1v) is 7.33. The van der Waals surface area contributed by atoms with Gasteiger partial charge in [0.15, 0.2) is 0 Å². The normalized spacial score (nSPS) is 47.1. The maximum atomic E-state index is 12.1. The zero-order valence-corrected chi connectivity index (χ0v) is 10.6. The van der Waals surface area contributed by atoms with Gasteiger partial charge in [-0.1, -0.05) is 24.3 Å². The fourth-order valence-electron chi connectivity index (χ4n) is 4.43. The Morgan fingerprint density at radius 1 is 0.944 bits per heavy atom. The Balaban J connectivity index is 1.32. The first-order valence-electron chi connectivity index (χ1n) is 7.33. The molecule has 0 aromatic rings. The van der Waals surface area contributed by atoms with Crippen molar-refractivity contribution in [3.8, 4) is 0 Å². The van der Waals surface area contributed by atoms with Gasteiger partial charge >= 0.3 is 5.97 Å². The lowest BCUT2D eigenvalue weighted by atomic mass is 9.93. The Morgan fingerprint density at radius 2 is 1.67 bits per heavy atom. The molecular formula is C16H20O2. The second kappa shape index (κ2) is 3.97. The van der Waals surface area contributed by atoms with Crippen molar-refractivity contribution in [3.63, 3.8) is 0 Å². The van der Waals surface area contributed by atoms with Crippen LogP contribution in [0.5, 0.6) is 0 Å². The van der Waals surface area contributed by atoms with E-state index in [4.69, 9.17) is 4.74 Å². The highest BCUT2D eigenvalue weighted by Crippen LogP contribution is 2.45. The summed E-state index contributed by atoms with van der Waals surface area (Å²) >= 11 is 0. The molecule has 4 aliphatic rings. The molecule has 0 N–H and O–H groups in total. The van der Waals surface area contributed by atoms with Gasteiger partial charge in [0.05, 0.1) is 12.5 Å². The standard InChI is InChI=1S/C16H20O2/c17-16(15-8-11-2-4-13(15)6-11)18-9-14-7-10-1-3-12(14)5-10/h1-4,10-15H,5-9H2. The molecule has 0 aromatic carbocycles. The minimum atomic E-state index is 0.0682. The predicted molar refractivity (Wildman–Crippen MR) is 68.6 cm³/mol. The number of carbonyl (C=O) groups excluding carboxylic acids is 1. The second-order valence-electron chi connectivity index (χ2n) is 6.56. The van der Waals surface area contributed by atoms with Crippen LogP contribution in [0, 0.1) is 35.5 Å². The third kappa shape index (κ3) is 1.65. The van der Waals surface area contributed by atoms with Crippen LogP contribution in [0.1, 0.15) is 25.7 Å². The van der Waals surface area contributed by atoms with Gasteiger partial charge in [-0.05, 0) is 55.3 Å². The molecular weight excluding hydrogens is 224 g/mol.